The summed E-state index contributed by atoms with van der Waals surface area (Å²) in [5, 5.41) is 43.5. The van der Waals surface area contributed by atoms with Gasteiger partial charge >= 0.3 is 51.4 Å². The van der Waals surface area contributed by atoms with Gasteiger partial charge in [-0.05, 0) is 19.1 Å². The summed E-state index contributed by atoms with van der Waals surface area (Å²) in [5.74, 6) is 0. The molecule has 10 heteroatoms. The first kappa shape index (κ1) is 25.3. The van der Waals surface area contributed by atoms with Crippen LogP contribution in [0.5, 0.6) is 0 Å². The van der Waals surface area contributed by atoms with E-state index in [0.29, 0.717) is 11.0 Å². The molecule has 0 unspecified atom stereocenters. The molecule has 19 heavy (non-hydrogen) atoms. The van der Waals surface area contributed by atoms with Crippen molar-refractivity contribution >= 4 is 86.9 Å². The Kier molecular flexibility index (Phi) is 21.0. The molecule has 0 heterocycles. The van der Waals surface area contributed by atoms with Crippen molar-refractivity contribution in [2.45, 2.75) is 31.3 Å². The molecule has 0 radical (unpaired) electrons. The van der Waals surface area contributed by atoms with Gasteiger partial charge in [-0.1, -0.05) is 12.6 Å². The molecule has 0 fully saturated rings. The van der Waals surface area contributed by atoms with Gasteiger partial charge in [0.25, 0.3) is 0 Å². The van der Waals surface area contributed by atoms with Crippen molar-refractivity contribution in [3.8, 4) is 0 Å². The molecule has 0 bridgehead atoms. The molecule has 0 aromatic rings. The number of hydrogen-bond donors (Lipinski definition) is 6. The van der Waals surface area contributed by atoms with E-state index in [9.17, 15) is 4.79 Å². The molecular weight excluding hydrogens is 323 g/mol. The molecule has 110 valence electrons. The Morgan fingerprint density at radius 2 is 1.79 bits per heavy atom. The van der Waals surface area contributed by atoms with Crippen LogP contribution in [0.1, 0.15) is 6.92 Å². The number of aliphatic hydroxyl groups excluding tert-OH is 5. The Balaban J connectivity index is -0.000000313. The fourth-order valence-corrected chi connectivity index (χ4v) is 0.989. The van der Waals surface area contributed by atoms with Gasteiger partial charge in [0.05, 0.1) is 13.2 Å². The quantitative estimate of drug-likeness (QED) is 0.132. The zero-order valence-electron chi connectivity index (χ0n) is 9.71. The summed E-state index contributed by atoms with van der Waals surface area (Å²) >= 11 is 8.12. The van der Waals surface area contributed by atoms with E-state index < -0.39 is 31.0 Å². The van der Waals surface area contributed by atoms with Gasteiger partial charge in [0.15, 0.2) is 6.29 Å². The molecule has 0 rings (SSSR count). The van der Waals surface area contributed by atoms with E-state index in [0.717, 1.165) is 0 Å². The number of hydrogen-bond acceptors (Lipinski definition) is 8. The van der Waals surface area contributed by atoms with Crippen LogP contribution in [-0.2, 0) is 9.53 Å². The number of rotatable bonds is 6. The fourth-order valence-electron chi connectivity index (χ4n) is 0.742. The van der Waals surface area contributed by atoms with Crippen LogP contribution in [0, 0.1) is 0 Å². The van der Waals surface area contributed by atoms with Crippen LogP contribution in [0.25, 0.3) is 0 Å². The molecule has 0 aromatic heterocycles. The third-order valence-electron chi connectivity index (χ3n) is 1.69. The molecular formula is C9H19KO7S2. The summed E-state index contributed by atoms with van der Waals surface area (Å²) in [6, 6.07) is 0. The number of thiol groups is 1. The monoisotopic (exact) mass is 342 g/mol. The average molecular weight is 342 g/mol. The maximum absolute atomic E-state index is 9.90. The number of aldehydes is 1. The molecule has 0 aromatic carbocycles. The summed E-state index contributed by atoms with van der Waals surface area (Å²) in [6.45, 7) is 1.72. The van der Waals surface area contributed by atoms with Crippen LogP contribution in [-0.4, -0.2) is 125 Å². The van der Waals surface area contributed by atoms with Crippen molar-refractivity contribution in [3.63, 3.8) is 0 Å². The van der Waals surface area contributed by atoms with E-state index in [1.165, 1.54) is 0 Å². The second-order valence-electron chi connectivity index (χ2n) is 3.06. The predicted molar refractivity (Wildman–Crippen MR) is 77.5 cm³/mol. The molecule has 0 amide bonds. The van der Waals surface area contributed by atoms with E-state index in [4.69, 9.17) is 25.5 Å². The Hall–Kier alpha value is 1.35. The third-order valence-corrected chi connectivity index (χ3v) is 1.94. The SMILES string of the molecule is CCOC(=S)S.O=C[C@H](O)[C@@H](O)[C@H](O)[C@H](O)CO.[KH]. The van der Waals surface area contributed by atoms with Crippen LogP contribution in [0.4, 0.5) is 0 Å². The van der Waals surface area contributed by atoms with Crippen LogP contribution in [0.3, 0.4) is 0 Å². The molecule has 0 aliphatic carbocycles. The van der Waals surface area contributed by atoms with Gasteiger partial charge in [-0.3, -0.25) is 0 Å². The van der Waals surface area contributed by atoms with E-state index in [-0.39, 0.29) is 57.7 Å². The van der Waals surface area contributed by atoms with E-state index in [1.54, 1.807) is 0 Å². The van der Waals surface area contributed by atoms with E-state index >= 15 is 0 Å². The van der Waals surface area contributed by atoms with Crippen LogP contribution < -0.4 is 0 Å². The van der Waals surface area contributed by atoms with E-state index in [2.05, 4.69) is 29.6 Å². The molecule has 0 spiro atoms. The third kappa shape index (κ3) is 14.1. The van der Waals surface area contributed by atoms with Crippen molar-refractivity contribution in [2.75, 3.05) is 13.2 Å². The standard InChI is InChI=1S/C6H12O6.C3H6OS2.K.H/c7-1-3(9)5(11)6(12)4(10)2-8;1-2-4-3(5)6;;/h1,3-6,8-12H,2H2;2H2,1H3,(H,5,6);;/t3-,4+,5+,6+;;;/m0.../s1. The topological polar surface area (TPSA) is 127 Å². The van der Waals surface area contributed by atoms with Gasteiger partial charge in [-0.2, -0.15) is 0 Å². The van der Waals surface area contributed by atoms with Gasteiger partial charge in [0.1, 0.15) is 24.4 Å². The maximum atomic E-state index is 9.90. The minimum absolute atomic E-state index is 0. The Morgan fingerprint density at radius 1 is 1.32 bits per heavy atom. The van der Waals surface area contributed by atoms with Gasteiger partial charge in [0.2, 0.25) is 4.38 Å². The second kappa shape index (κ2) is 15.7. The van der Waals surface area contributed by atoms with Crippen molar-refractivity contribution in [3.05, 3.63) is 0 Å². The first-order valence-electron chi connectivity index (χ1n) is 4.95. The zero-order chi connectivity index (χ0) is 14.7. The molecule has 4 atom stereocenters. The summed E-state index contributed by atoms with van der Waals surface area (Å²) in [7, 11) is 0. The zero-order valence-corrected chi connectivity index (χ0v) is 11.4. The first-order chi connectivity index (χ1) is 8.31. The van der Waals surface area contributed by atoms with Crippen LogP contribution in [0.2, 0.25) is 0 Å². The normalized spacial score (nSPS) is 15.7. The average Bonchev–Trinajstić information content (AvgIpc) is 2.35. The second-order valence-corrected chi connectivity index (χ2v) is 4.14. The number of carbonyl (C=O) groups excluding carboxylic acids is 1. The first-order valence-corrected chi connectivity index (χ1v) is 5.81. The van der Waals surface area contributed by atoms with E-state index in [1.807, 2.05) is 6.92 Å². The van der Waals surface area contributed by atoms with Gasteiger partial charge < -0.3 is 35.1 Å². The van der Waals surface area contributed by atoms with Crippen molar-refractivity contribution in [1.82, 2.24) is 0 Å². The predicted octanol–water partition coefficient (Wildman–Crippen LogP) is -2.79. The Bertz CT molecular complexity index is 245. The number of carbonyl (C=O) groups is 1. The summed E-state index contributed by atoms with van der Waals surface area (Å²) < 4.78 is 4.95. The number of thiocarbonyl (C=S) groups is 1. The fraction of sp³-hybridized carbons (Fsp3) is 0.778. The van der Waals surface area contributed by atoms with Gasteiger partial charge in [0, 0.05) is 0 Å². The van der Waals surface area contributed by atoms with Crippen molar-refractivity contribution in [2.24, 2.45) is 0 Å². The number of aliphatic hydroxyl groups is 5. The summed E-state index contributed by atoms with van der Waals surface area (Å²) in [5.41, 5.74) is 0. The summed E-state index contributed by atoms with van der Waals surface area (Å²) in [4.78, 5) is 9.90. The van der Waals surface area contributed by atoms with Crippen LogP contribution >= 0.6 is 24.8 Å². The Morgan fingerprint density at radius 3 is 2.00 bits per heavy atom. The Labute approximate surface area is 164 Å². The summed E-state index contributed by atoms with van der Waals surface area (Å²) in [6.07, 6.45) is -6.84. The van der Waals surface area contributed by atoms with Crippen molar-refractivity contribution in [1.29, 1.82) is 0 Å². The van der Waals surface area contributed by atoms with Gasteiger partial charge in [-0.25, -0.2) is 0 Å². The molecule has 5 N–H and O–H groups in total. The van der Waals surface area contributed by atoms with Crippen molar-refractivity contribution < 1.29 is 35.1 Å². The molecule has 0 aliphatic rings. The van der Waals surface area contributed by atoms with Gasteiger partial charge in [-0.15, -0.1) is 0 Å². The minimum atomic E-state index is -1.79. The van der Waals surface area contributed by atoms with Crippen LogP contribution in [0.15, 0.2) is 0 Å². The molecule has 0 aliphatic heterocycles. The molecule has 0 saturated carbocycles. The molecule has 0 saturated heterocycles. The molecule has 7 nitrogen and oxygen atoms in total. The number of ether oxygens (including phenoxy) is 1.